The molecule has 0 radical (unpaired) electrons. The van der Waals surface area contributed by atoms with Crippen LogP contribution in [-0.2, 0) is 23.9 Å². The van der Waals surface area contributed by atoms with E-state index in [4.69, 9.17) is 9.47 Å². The smallest absolute Gasteiger partial charge is 0.337 e. The molecule has 0 aromatic carbocycles. The van der Waals surface area contributed by atoms with Gasteiger partial charge in [-0.15, -0.1) is 11.3 Å². The normalized spacial score (nSPS) is 26.6. The Balaban J connectivity index is 1.78. The van der Waals surface area contributed by atoms with E-state index in [0.717, 1.165) is 41.1 Å². The van der Waals surface area contributed by atoms with Crippen molar-refractivity contribution in [2.45, 2.75) is 64.9 Å². The van der Waals surface area contributed by atoms with Crippen LogP contribution in [0.25, 0.3) is 0 Å². The second kappa shape index (κ2) is 8.61. The van der Waals surface area contributed by atoms with Gasteiger partial charge in [-0.3, -0.25) is 9.59 Å². The summed E-state index contributed by atoms with van der Waals surface area (Å²) in [6.07, 6.45) is 4.36. The third kappa shape index (κ3) is 3.95. The molecule has 2 aliphatic carbocycles. The number of allylic oxidation sites excluding steroid dienone is 3. The molecule has 1 aromatic heterocycles. The summed E-state index contributed by atoms with van der Waals surface area (Å²) in [5.74, 6) is -2.73. The number of thiophene rings is 1. The van der Waals surface area contributed by atoms with Crippen LogP contribution in [0.2, 0.25) is 0 Å². The molecule has 1 fully saturated rings. The van der Waals surface area contributed by atoms with Crippen molar-refractivity contribution in [3.63, 3.8) is 0 Å². The van der Waals surface area contributed by atoms with Crippen molar-refractivity contribution in [3.05, 3.63) is 44.4 Å². The van der Waals surface area contributed by atoms with Crippen LogP contribution in [0.15, 0.2) is 34.7 Å². The summed E-state index contributed by atoms with van der Waals surface area (Å²) in [5, 5.41) is 3.31. The van der Waals surface area contributed by atoms with Crippen molar-refractivity contribution in [2.24, 2.45) is 11.8 Å². The van der Waals surface area contributed by atoms with Crippen molar-refractivity contribution < 1.29 is 23.9 Å². The van der Waals surface area contributed by atoms with Crippen molar-refractivity contribution in [1.29, 1.82) is 0 Å². The Bertz CT molecular complexity index is 982. The van der Waals surface area contributed by atoms with Crippen molar-refractivity contribution >= 4 is 29.1 Å². The third-order valence-corrected chi connectivity index (χ3v) is 7.65. The number of Topliss-reactive ketones (excluding diaryl/α,β-unsaturated/α-hetero) is 1. The van der Waals surface area contributed by atoms with Gasteiger partial charge >= 0.3 is 11.9 Å². The molecule has 0 saturated heterocycles. The fraction of sp³-hybridized carbons (Fsp3) is 0.542. The number of hydrogen-bond acceptors (Lipinski definition) is 7. The van der Waals surface area contributed by atoms with Gasteiger partial charge in [0.15, 0.2) is 5.78 Å². The number of ether oxygens (including phenoxy) is 2. The maximum Gasteiger partial charge on any atom is 0.337 e. The van der Waals surface area contributed by atoms with Crippen LogP contribution in [0.4, 0.5) is 0 Å². The molecule has 0 spiro atoms. The van der Waals surface area contributed by atoms with Gasteiger partial charge in [0.05, 0.1) is 18.6 Å². The van der Waals surface area contributed by atoms with E-state index in [1.165, 1.54) is 7.11 Å². The number of nitrogens with one attached hydrogen (secondary N) is 1. The zero-order valence-electron chi connectivity index (χ0n) is 18.4. The van der Waals surface area contributed by atoms with Crippen LogP contribution < -0.4 is 5.32 Å². The minimum absolute atomic E-state index is 0.0706. The zero-order valence-corrected chi connectivity index (χ0v) is 19.3. The van der Waals surface area contributed by atoms with E-state index >= 15 is 0 Å². The maximum atomic E-state index is 13.6. The van der Waals surface area contributed by atoms with Gasteiger partial charge in [-0.25, -0.2) is 4.79 Å². The Morgan fingerprint density at radius 2 is 1.87 bits per heavy atom. The fourth-order valence-corrected chi connectivity index (χ4v) is 6.06. The van der Waals surface area contributed by atoms with E-state index in [9.17, 15) is 14.4 Å². The standard InChI is InChI=1S/C24H29NO5S/c1-12-11-16-20(22(26)18(12)23(27)29-4)21(17-10-9-13(2)31-17)19(14(3)25-16)24(28)30-15-7-5-6-8-15/h9-10,12,15,18,21,25H,5-8,11H2,1-4H3/t12-,18-,21+/m0/s1. The molecule has 3 atom stereocenters. The fourth-order valence-electron chi connectivity index (χ4n) is 5.07. The molecule has 2 heterocycles. The van der Waals surface area contributed by atoms with Gasteiger partial charge in [-0.1, -0.05) is 6.92 Å². The topological polar surface area (TPSA) is 81.7 Å². The molecule has 0 bridgehead atoms. The highest BCUT2D eigenvalue weighted by Gasteiger charge is 2.47. The molecule has 1 aromatic rings. The Labute approximate surface area is 186 Å². The van der Waals surface area contributed by atoms with Crippen molar-refractivity contribution in [3.8, 4) is 0 Å². The molecule has 6 nitrogen and oxygen atoms in total. The molecular weight excluding hydrogens is 414 g/mol. The van der Waals surface area contributed by atoms with E-state index in [0.29, 0.717) is 23.3 Å². The number of hydrogen-bond donors (Lipinski definition) is 1. The lowest BCUT2D eigenvalue weighted by Crippen LogP contribution is -2.43. The predicted octanol–water partition coefficient (Wildman–Crippen LogP) is 4.16. The number of carbonyl (C=O) groups is 3. The zero-order chi connectivity index (χ0) is 22.3. The molecule has 4 rings (SSSR count). The molecule has 31 heavy (non-hydrogen) atoms. The van der Waals surface area contributed by atoms with Crippen LogP contribution in [0, 0.1) is 18.8 Å². The average molecular weight is 444 g/mol. The van der Waals surface area contributed by atoms with Gasteiger partial charge in [0.25, 0.3) is 0 Å². The molecule has 7 heteroatoms. The monoisotopic (exact) mass is 443 g/mol. The Morgan fingerprint density at radius 1 is 1.16 bits per heavy atom. The highest BCUT2D eigenvalue weighted by molar-refractivity contribution is 7.12. The molecule has 3 aliphatic rings. The number of aryl methyl sites for hydroxylation is 1. The first kappa shape index (κ1) is 21.8. The summed E-state index contributed by atoms with van der Waals surface area (Å²) < 4.78 is 10.8. The highest BCUT2D eigenvalue weighted by Crippen LogP contribution is 2.47. The van der Waals surface area contributed by atoms with E-state index in [1.807, 2.05) is 32.9 Å². The maximum absolute atomic E-state index is 13.6. The first-order chi connectivity index (χ1) is 14.8. The summed E-state index contributed by atoms with van der Waals surface area (Å²) in [7, 11) is 1.31. The lowest BCUT2D eigenvalue weighted by Gasteiger charge is -2.38. The summed E-state index contributed by atoms with van der Waals surface area (Å²) in [6.45, 7) is 5.75. The molecule has 1 aliphatic heterocycles. The van der Waals surface area contributed by atoms with E-state index in [1.54, 1.807) is 11.3 Å². The summed E-state index contributed by atoms with van der Waals surface area (Å²) in [6, 6.07) is 3.96. The third-order valence-electron chi connectivity index (χ3n) is 6.58. The lowest BCUT2D eigenvalue weighted by molar-refractivity contribution is -0.151. The molecule has 166 valence electrons. The van der Waals surface area contributed by atoms with Crippen LogP contribution in [-0.4, -0.2) is 30.9 Å². The minimum Gasteiger partial charge on any atom is -0.468 e. The first-order valence-corrected chi connectivity index (χ1v) is 11.7. The number of carbonyl (C=O) groups excluding carboxylic acids is 3. The first-order valence-electron chi connectivity index (χ1n) is 10.9. The Morgan fingerprint density at radius 3 is 2.48 bits per heavy atom. The number of esters is 2. The van der Waals surface area contributed by atoms with E-state index in [2.05, 4.69) is 5.32 Å². The van der Waals surface area contributed by atoms with Crippen LogP contribution in [0.1, 0.15) is 61.6 Å². The van der Waals surface area contributed by atoms with Crippen molar-refractivity contribution in [1.82, 2.24) is 5.32 Å². The number of rotatable bonds is 4. The van der Waals surface area contributed by atoms with Crippen molar-refractivity contribution in [2.75, 3.05) is 7.11 Å². The lowest BCUT2D eigenvalue weighted by atomic mass is 9.70. The second-order valence-corrected chi connectivity index (χ2v) is 10.1. The SMILES string of the molecule is COC(=O)[C@@H]1C(=O)C2=C(C[C@@H]1C)NC(C)=C(C(=O)OC1CCCC1)[C@H]2c1ccc(C)s1. The second-order valence-electron chi connectivity index (χ2n) is 8.80. The van der Waals surface area contributed by atoms with E-state index in [-0.39, 0.29) is 23.8 Å². The molecule has 0 unspecified atom stereocenters. The highest BCUT2D eigenvalue weighted by atomic mass is 32.1. The number of dihydropyridines is 1. The molecule has 1 N–H and O–H groups in total. The van der Waals surface area contributed by atoms with Gasteiger partial charge in [0, 0.05) is 26.7 Å². The van der Waals surface area contributed by atoms with Gasteiger partial charge in [-0.2, -0.15) is 0 Å². The van der Waals surface area contributed by atoms with Gasteiger partial charge in [-0.05, 0) is 64.0 Å². The largest absolute Gasteiger partial charge is 0.468 e. The quantitative estimate of drug-likeness (QED) is 0.556. The minimum atomic E-state index is -0.861. The number of ketones is 1. The van der Waals surface area contributed by atoms with Gasteiger partial charge in [0.2, 0.25) is 0 Å². The summed E-state index contributed by atoms with van der Waals surface area (Å²) in [5.41, 5.74) is 2.48. The van der Waals surface area contributed by atoms with Gasteiger partial charge in [0.1, 0.15) is 12.0 Å². The molecule has 0 amide bonds. The van der Waals surface area contributed by atoms with Crippen LogP contribution >= 0.6 is 11.3 Å². The Kier molecular flexibility index (Phi) is 6.06. The van der Waals surface area contributed by atoms with E-state index < -0.39 is 17.8 Å². The summed E-state index contributed by atoms with van der Waals surface area (Å²) in [4.78, 5) is 41.4. The number of methoxy groups -OCH3 is 1. The van der Waals surface area contributed by atoms with Crippen LogP contribution in [0.3, 0.4) is 0 Å². The average Bonchev–Trinajstić information content (AvgIpc) is 3.38. The molecule has 1 saturated carbocycles. The molecular formula is C24H29NO5S. The predicted molar refractivity (Wildman–Crippen MR) is 117 cm³/mol. The van der Waals surface area contributed by atoms with Crippen LogP contribution in [0.5, 0.6) is 0 Å². The Hall–Kier alpha value is -2.41. The van der Waals surface area contributed by atoms with Gasteiger partial charge < -0.3 is 14.8 Å². The summed E-state index contributed by atoms with van der Waals surface area (Å²) >= 11 is 1.56.